The van der Waals surface area contributed by atoms with Gasteiger partial charge in [-0.15, -0.1) is 0 Å². The summed E-state index contributed by atoms with van der Waals surface area (Å²) in [6.45, 7) is 8.79. The van der Waals surface area contributed by atoms with E-state index in [2.05, 4.69) is 34.0 Å². The first-order valence-electron chi connectivity index (χ1n) is 7.32. The van der Waals surface area contributed by atoms with E-state index in [9.17, 15) is 5.11 Å². The van der Waals surface area contributed by atoms with Crippen LogP contribution in [0, 0.1) is 0 Å². The van der Waals surface area contributed by atoms with Gasteiger partial charge in [-0.2, -0.15) is 11.3 Å². The lowest BCUT2D eigenvalue weighted by molar-refractivity contribution is -0.0226. The molecule has 5 heteroatoms. The summed E-state index contributed by atoms with van der Waals surface area (Å²) in [6.07, 6.45) is 1.01. The van der Waals surface area contributed by atoms with E-state index in [1.54, 1.807) is 11.3 Å². The third-order valence-corrected chi connectivity index (χ3v) is 4.35. The van der Waals surface area contributed by atoms with Crippen LogP contribution in [0.15, 0.2) is 16.8 Å². The summed E-state index contributed by atoms with van der Waals surface area (Å²) in [7, 11) is 0. The van der Waals surface area contributed by atoms with Gasteiger partial charge in [-0.05, 0) is 42.7 Å². The molecule has 2 rings (SSSR count). The van der Waals surface area contributed by atoms with Crippen LogP contribution < -0.4 is 5.32 Å². The number of β-amino-alcohol motifs (C(OH)–C–C–N with tert-alkyl or cyclic N) is 1. The number of thiophene rings is 1. The second-order valence-corrected chi connectivity index (χ2v) is 6.78. The molecule has 0 bridgehead atoms. The molecule has 2 unspecified atom stereocenters. The molecule has 20 heavy (non-hydrogen) atoms. The number of morpholine rings is 1. The van der Waals surface area contributed by atoms with Crippen molar-refractivity contribution < 1.29 is 9.84 Å². The Hall–Kier alpha value is -0.460. The van der Waals surface area contributed by atoms with Gasteiger partial charge in [0.15, 0.2) is 0 Å². The quantitative estimate of drug-likeness (QED) is 0.798. The lowest BCUT2D eigenvalue weighted by Crippen LogP contribution is -2.51. The largest absolute Gasteiger partial charge is 0.388 e. The van der Waals surface area contributed by atoms with Crippen LogP contribution in [0.1, 0.15) is 19.4 Å². The Kier molecular flexibility index (Phi) is 5.99. The molecule has 4 nitrogen and oxygen atoms in total. The van der Waals surface area contributed by atoms with Crippen LogP contribution in [0.2, 0.25) is 0 Å². The van der Waals surface area contributed by atoms with Crippen LogP contribution in [0.3, 0.4) is 0 Å². The first-order valence-corrected chi connectivity index (χ1v) is 8.26. The van der Waals surface area contributed by atoms with E-state index in [-0.39, 0.29) is 0 Å². The molecule has 1 saturated heterocycles. The van der Waals surface area contributed by atoms with Gasteiger partial charge >= 0.3 is 0 Å². The van der Waals surface area contributed by atoms with Crippen molar-refractivity contribution in [2.24, 2.45) is 0 Å². The minimum atomic E-state index is -0.694. The Bertz CT molecular complexity index is 375. The fourth-order valence-electron chi connectivity index (χ4n) is 2.53. The van der Waals surface area contributed by atoms with E-state index >= 15 is 0 Å². The second-order valence-electron chi connectivity index (χ2n) is 6.00. The minimum absolute atomic E-state index is 0.376. The van der Waals surface area contributed by atoms with E-state index in [1.165, 1.54) is 5.56 Å². The summed E-state index contributed by atoms with van der Waals surface area (Å²) < 4.78 is 5.33. The summed E-state index contributed by atoms with van der Waals surface area (Å²) in [6, 6.07) is 2.54. The summed E-state index contributed by atoms with van der Waals surface area (Å²) in [5, 5.41) is 18.2. The standard InChI is InChI=1S/C15H26N2O2S/c1-13(9-14-3-8-20-10-14)16-11-15(2,18)12-17-4-6-19-7-5-17/h3,8,10,13,16,18H,4-7,9,11-12H2,1-2H3. The van der Waals surface area contributed by atoms with Gasteiger partial charge in [-0.3, -0.25) is 4.90 Å². The van der Waals surface area contributed by atoms with Crippen molar-refractivity contribution in [3.8, 4) is 0 Å². The highest BCUT2D eigenvalue weighted by atomic mass is 32.1. The summed E-state index contributed by atoms with van der Waals surface area (Å²) in [5.41, 5.74) is 0.670. The first kappa shape index (κ1) is 15.9. The van der Waals surface area contributed by atoms with Gasteiger partial charge in [0, 0.05) is 32.2 Å². The first-order chi connectivity index (χ1) is 9.55. The molecule has 0 saturated carbocycles. The van der Waals surface area contributed by atoms with E-state index in [0.29, 0.717) is 19.1 Å². The van der Waals surface area contributed by atoms with Crippen LogP contribution >= 0.6 is 11.3 Å². The fourth-order valence-corrected chi connectivity index (χ4v) is 3.21. The van der Waals surface area contributed by atoms with Gasteiger partial charge in [0.05, 0.1) is 18.8 Å². The number of ether oxygens (including phenoxy) is 1. The zero-order valence-electron chi connectivity index (χ0n) is 12.5. The molecule has 114 valence electrons. The van der Waals surface area contributed by atoms with Crippen molar-refractivity contribution in [3.63, 3.8) is 0 Å². The monoisotopic (exact) mass is 298 g/mol. The van der Waals surface area contributed by atoms with Gasteiger partial charge < -0.3 is 15.2 Å². The third kappa shape index (κ3) is 5.50. The molecule has 1 aromatic rings. The topological polar surface area (TPSA) is 44.7 Å². The maximum Gasteiger partial charge on any atom is 0.0869 e. The lowest BCUT2D eigenvalue weighted by Gasteiger charge is -2.34. The maximum absolute atomic E-state index is 10.5. The molecule has 2 N–H and O–H groups in total. The number of nitrogens with zero attached hydrogens (tertiary/aromatic N) is 1. The molecular weight excluding hydrogens is 272 g/mol. The zero-order chi connectivity index (χ0) is 14.4. The van der Waals surface area contributed by atoms with Gasteiger partial charge in [0.2, 0.25) is 0 Å². The van der Waals surface area contributed by atoms with Gasteiger partial charge in [0.1, 0.15) is 0 Å². The predicted molar refractivity (Wildman–Crippen MR) is 83.4 cm³/mol. The average molecular weight is 298 g/mol. The molecule has 0 radical (unpaired) electrons. The normalized spacial score (nSPS) is 21.6. The van der Waals surface area contributed by atoms with Crippen molar-refractivity contribution in [1.82, 2.24) is 10.2 Å². The summed E-state index contributed by atoms with van der Waals surface area (Å²) in [5.74, 6) is 0. The van der Waals surface area contributed by atoms with Crippen LogP contribution in [0.5, 0.6) is 0 Å². The number of hydrogen-bond donors (Lipinski definition) is 2. The molecule has 2 atom stereocenters. The van der Waals surface area contributed by atoms with E-state index < -0.39 is 5.60 Å². The van der Waals surface area contributed by atoms with Crippen molar-refractivity contribution in [3.05, 3.63) is 22.4 Å². The SMILES string of the molecule is CC(Cc1ccsc1)NCC(C)(O)CN1CCOCC1. The smallest absolute Gasteiger partial charge is 0.0869 e. The van der Waals surface area contributed by atoms with Crippen LogP contribution in [-0.2, 0) is 11.2 Å². The maximum atomic E-state index is 10.5. The van der Waals surface area contributed by atoms with Gasteiger partial charge in [-0.25, -0.2) is 0 Å². The van der Waals surface area contributed by atoms with Crippen LogP contribution in [0.4, 0.5) is 0 Å². The molecule has 0 aliphatic carbocycles. The van der Waals surface area contributed by atoms with Crippen molar-refractivity contribution in [1.29, 1.82) is 0 Å². The third-order valence-electron chi connectivity index (χ3n) is 3.62. The molecule has 2 heterocycles. The molecule has 1 aliphatic heterocycles. The van der Waals surface area contributed by atoms with Crippen molar-refractivity contribution in [2.45, 2.75) is 31.9 Å². The summed E-state index contributed by atoms with van der Waals surface area (Å²) in [4.78, 5) is 2.27. The minimum Gasteiger partial charge on any atom is -0.388 e. The molecular formula is C15H26N2O2S. The predicted octanol–water partition coefficient (Wildman–Crippen LogP) is 1.35. The Morgan fingerprint density at radius 1 is 1.50 bits per heavy atom. The van der Waals surface area contributed by atoms with E-state index in [0.717, 1.165) is 32.7 Å². The Balaban J connectivity index is 1.70. The second kappa shape index (κ2) is 7.52. The molecule has 1 aromatic heterocycles. The molecule has 1 fully saturated rings. The zero-order valence-corrected chi connectivity index (χ0v) is 13.3. The van der Waals surface area contributed by atoms with Gasteiger partial charge in [-0.1, -0.05) is 0 Å². The Morgan fingerprint density at radius 2 is 2.25 bits per heavy atom. The van der Waals surface area contributed by atoms with Crippen molar-refractivity contribution >= 4 is 11.3 Å². The fraction of sp³-hybridized carbons (Fsp3) is 0.733. The van der Waals surface area contributed by atoms with E-state index in [4.69, 9.17) is 4.74 Å². The highest BCUT2D eigenvalue weighted by Crippen LogP contribution is 2.11. The molecule has 0 spiro atoms. The Labute approximate surface area is 125 Å². The van der Waals surface area contributed by atoms with Crippen LogP contribution in [0.25, 0.3) is 0 Å². The number of hydrogen-bond acceptors (Lipinski definition) is 5. The number of rotatable bonds is 7. The van der Waals surface area contributed by atoms with Gasteiger partial charge in [0.25, 0.3) is 0 Å². The van der Waals surface area contributed by atoms with Crippen molar-refractivity contribution in [2.75, 3.05) is 39.4 Å². The Morgan fingerprint density at radius 3 is 2.90 bits per heavy atom. The highest BCUT2D eigenvalue weighted by Gasteiger charge is 2.25. The van der Waals surface area contributed by atoms with Crippen LogP contribution in [-0.4, -0.2) is 61.0 Å². The number of nitrogens with one attached hydrogen (secondary N) is 1. The highest BCUT2D eigenvalue weighted by molar-refractivity contribution is 7.07. The average Bonchev–Trinajstić information content (AvgIpc) is 2.90. The summed E-state index contributed by atoms with van der Waals surface area (Å²) >= 11 is 1.73. The molecule has 0 aromatic carbocycles. The lowest BCUT2D eigenvalue weighted by atomic mass is 10.0. The van der Waals surface area contributed by atoms with E-state index in [1.807, 2.05) is 6.92 Å². The molecule has 1 aliphatic rings. The molecule has 0 amide bonds. The number of aliphatic hydroxyl groups is 1.